The van der Waals surface area contributed by atoms with E-state index in [1.54, 1.807) is 45.0 Å². The molecule has 0 heterocycles. The molecule has 0 saturated heterocycles. The van der Waals surface area contributed by atoms with Crippen LogP contribution in [0.3, 0.4) is 0 Å². The van der Waals surface area contributed by atoms with Crippen LogP contribution in [0.2, 0.25) is 0 Å². The molecule has 0 radical (unpaired) electrons. The van der Waals surface area contributed by atoms with Gasteiger partial charge < -0.3 is 0 Å². The molecule has 0 N–H and O–H groups in total. The molecule has 0 spiro atoms. The van der Waals surface area contributed by atoms with E-state index in [9.17, 15) is 13.2 Å². The molecule has 0 aliphatic heterocycles. The number of benzene rings is 1. The van der Waals surface area contributed by atoms with Crippen molar-refractivity contribution in [2.45, 2.75) is 52.6 Å². The van der Waals surface area contributed by atoms with E-state index < -0.39 is 17.5 Å². The Bertz CT molecular complexity index is 366. The maximum absolute atomic E-state index is 13.2. The molecule has 0 unspecified atom stereocenters. The van der Waals surface area contributed by atoms with Gasteiger partial charge >= 0.3 is 6.18 Å². The summed E-state index contributed by atoms with van der Waals surface area (Å²) < 4.78 is 39.5. The molecule has 18 heavy (non-hydrogen) atoms. The minimum atomic E-state index is -4.21. The Kier molecular flexibility index (Phi) is 4.14. The summed E-state index contributed by atoms with van der Waals surface area (Å²) in [5, 5.41) is 0. The first-order chi connectivity index (χ1) is 8.03. The fourth-order valence-corrected chi connectivity index (χ4v) is 2.25. The summed E-state index contributed by atoms with van der Waals surface area (Å²) >= 11 is 0. The zero-order chi connectivity index (χ0) is 14.1. The molecule has 1 rings (SSSR count). The predicted molar refractivity (Wildman–Crippen MR) is 68.8 cm³/mol. The third-order valence-corrected chi connectivity index (χ3v) is 3.13. The molecule has 1 aromatic rings. The molecular formula is C15H21F3. The van der Waals surface area contributed by atoms with Crippen LogP contribution in [0, 0.1) is 5.41 Å². The molecule has 0 bridgehead atoms. The average molecular weight is 258 g/mol. The maximum atomic E-state index is 13.2. The zero-order valence-electron chi connectivity index (χ0n) is 11.6. The molecule has 102 valence electrons. The third kappa shape index (κ3) is 3.50. The number of hydrogen-bond donors (Lipinski definition) is 0. The molecule has 0 fully saturated rings. The Morgan fingerprint density at radius 3 is 1.50 bits per heavy atom. The lowest BCUT2D eigenvalue weighted by atomic mass is 9.75. The van der Waals surface area contributed by atoms with Crippen LogP contribution in [-0.2, 0) is 0 Å². The molecular weight excluding hydrogens is 237 g/mol. The van der Waals surface area contributed by atoms with Crippen molar-refractivity contribution in [3.63, 3.8) is 0 Å². The summed E-state index contributed by atoms with van der Waals surface area (Å²) in [6.45, 7) is 8.94. The quantitative estimate of drug-likeness (QED) is 0.657. The third-order valence-electron chi connectivity index (χ3n) is 3.13. The summed E-state index contributed by atoms with van der Waals surface area (Å²) in [5.74, 6) is -1.09. The number of hydrogen-bond acceptors (Lipinski definition) is 0. The van der Waals surface area contributed by atoms with Gasteiger partial charge in [-0.3, -0.25) is 0 Å². The van der Waals surface area contributed by atoms with E-state index in [0.717, 1.165) is 5.56 Å². The standard InChI is InChI=1S/C15H21F3/c1-10(2)11-6-8-12(9-7-11)13(14(3,4)5)15(16,17)18/h6-10,13H,1-5H3/t13-/m0/s1. The summed E-state index contributed by atoms with van der Waals surface area (Å²) in [5.41, 5.74) is 0.574. The summed E-state index contributed by atoms with van der Waals surface area (Å²) in [7, 11) is 0. The molecule has 0 aliphatic rings. The van der Waals surface area contributed by atoms with Crippen LogP contribution < -0.4 is 0 Å². The first-order valence-electron chi connectivity index (χ1n) is 6.20. The van der Waals surface area contributed by atoms with Crippen molar-refractivity contribution in [2.75, 3.05) is 0 Å². The predicted octanol–water partition coefficient (Wildman–Crippen LogP) is 5.50. The van der Waals surface area contributed by atoms with Crippen LogP contribution in [-0.4, -0.2) is 6.18 Å². The fourth-order valence-electron chi connectivity index (χ4n) is 2.25. The number of rotatable bonds is 2. The van der Waals surface area contributed by atoms with Gasteiger partial charge in [0.25, 0.3) is 0 Å². The van der Waals surface area contributed by atoms with Crippen LogP contribution in [0.4, 0.5) is 13.2 Å². The summed E-state index contributed by atoms with van der Waals surface area (Å²) in [6, 6.07) is 6.81. The summed E-state index contributed by atoms with van der Waals surface area (Å²) in [4.78, 5) is 0. The Morgan fingerprint density at radius 1 is 0.833 bits per heavy atom. The van der Waals surface area contributed by atoms with Crippen LogP contribution in [0.1, 0.15) is 57.6 Å². The van der Waals surface area contributed by atoms with Crippen molar-refractivity contribution >= 4 is 0 Å². The second kappa shape index (κ2) is 4.94. The SMILES string of the molecule is CC(C)c1ccc([C@@H](C(C)(C)C)C(F)(F)F)cc1. The van der Waals surface area contributed by atoms with Crippen LogP contribution in [0.15, 0.2) is 24.3 Å². The second-order valence-electron chi connectivity index (χ2n) is 6.16. The molecule has 1 aromatic carbocycles. The molecule has 0 nitrogen and oxygen atoms in total. The molecule has 0 aliphatic carbocycles. The topological polar surface area (TPSA) is 0 Å². The van der Waals surface area contributed by atoms with E-state index in [0.29, 0.717) is 11.5 Å². The van der Waals surface area contributed by atoms with Gasteiger partial charge in [-0.1, -0.05) is 58.9 Å². The number of halogens is 3. The smallest absolute Gasteiger partial charge is 0.170 e. The van der Waals surface area contributed by atoms with E-state index in [1.165, 1.54) is 0 Å². The van der Waals surface area contributed by atoms with E-state index in [1.807, 2.05) is 13.8 Å². The molecule has 1 atom stereocenters. The maximum Gasteiger partial charge on any atom is 0.396 e. The molecule has 0 saturated carbocycles. The average Bonchev–Trinajstić information content (AvgIpc) is 2.13. The van der Waals surface area contributed by atoms with Crippen LogP contribution >= 0.6 is 0 Å². The first-order valence-corrected chi connectivity index (χ1v) is 6.20. The Hall–Kier alpha value is -0.990. The minimum absolute atomic E-state index is 0.332. The monoisotopic (exact) mass is 258 g/mol. The van der Waals surface area contributed by atoms with Gasteiger partial charge in [-0.05, 0) is 22.5 Å². The van der Waals surface area contributed by atoms with Gasteiger partial charge in [0.2, 0.25) is 0 Å². The Morgan fingerprint density at radius 2 is 1.22 bits per heavy atom. The summed E-state index contributed by atoms with van der Waals surface area (Å²) in [6.07, 6.45) is -4.21. The lowest BCUT2D eigenvalue weighted by molar-refractivity contribution is -0.171. The van der Waals surface area contributed by atoms with Crippen LogP contribution in [0.25, 0.3) is 0 Å². The fraction of sp³-hybridized carbons (Fsp3) is 0.600. The van der Waals surface area contributed by atoms with Gasteiger partial charge in [-0.25, -0.2) is 0 Å². The van der Waals surface area contributed by atoms with Gasteiger partial charge in [-0.2, -0.15) is 13.2 Å². The zero-order valence-corrected chi connectivity index (χ0v) is 11.6. The normalized spacial score (nSPS) is 14.9. The van der Waals surface area contributed by atoms with Gasteiger partial charge in [-0.15, -0.1) is 0 Å². The van der Waals surface area contributed by atoms with Crippen LogP contribution in [0.5, 0.6) is 0 Å². The van der Waals surface area contributed by atoms with E-state index in [-0.39, 0.29) is 0 Å². The number of alkyl halides is 3. The second-order valence-corrected chi connectivity index (χ2v) is 6.16. The molecule has 3 heteroatoms. The van der Waals surface area contributed by atoms with Gasteiger partial charge in [0, 0.05) is 0 Å². The highest BCUT2D eigenvalue weighted by molar-refractivity contribution is 5.29. The van der Waals surface area contributed by atoms with E-state index >= 15 is 0 Å². The highest BCUT2D eigenvalue weighted by Crippen LogP contribution is 2.46. The van der Waals surface area contributed by atoms with E-state index in [4.69, 9.17) is 0 Å². The van der Waals surface area contributed by atoms with Crippen molar-refractivity contribution in [3.05, 3.63) is 35.4 Å². The van der Waals surface area contributed by atoms with Gasteiger partial charge in [0.15, 0.2) is 0 Å². The van der Waals surface area contributed by atoms with Crippen molar-refractivity contribution in [3.8, 4) is 0 Å². The molecule has 0 amide bonds. The first kappa shape index (κ1) is 15.1. The lowest BCUT2D eigenvalue weighted by Crippen LogP contribution is -2.32. The van der Waals surface area contributed by atoms with E-state index in [2.05, 4.69) is 0 Å². The lowest BCUT2D eigenvalue weighted by Gasteiger charge is -2.33. The molecule has 0 aromatic heterocycles. The van der Waals surface area contributed by atoms with Gasteiger partial charge in [0.1, 0.15) is 0 Å². The largest absolute Gasteiger partial charge is 0.396 e. The van der Waals surface area contributed by atoms with Crippen molar-refractivity contribution in [2.24, 2.45) is 5.41 Å². The van der Waals surface area contributed by atoms with Crippen molar-refractivity contribution in [1.29, 1.82) is 0 Å². The van der Waals surface area contributed by atoms with Crippen molar-refractivity contribution in [1.82, 2.24) is 0 Å². The highest BCUT2D eigenvalue weighted by atomic mass is 19.4. The Labute approximate surface area is 107 Å². The Balaban J connectivity index is 3.16. The minimum Gasteiger partial charge on any atom is -0.170 e. The highest BCUT2D eigenvalue weighted by Gasteiger charge is 2.47. The van der Waals surface area contributed by atoms with Gasteiger partial charge in [0.05, 0.1) is 5.92 Å². The van der Waals surface area contributed by atoms with Crippen molar-refractivity contribution < 1.29 is 13.2 Å².